The van der Waals surface area contributed by atoms with Gasteiger partial charge in [-0.15, -0.1) is 0 Å². The molecule has 2 aromatic rings. The molecule has 94 valence electrons. The number of rotatable bonds is 5. The Balaban J connectivity index is 2.21. The molecule has 0 fully saturated rings. The molecule has 0 amide bonds. The maximum Gasteiger partial charge on any atom is 0.488 e. The normalized spacial score (nSPS) is 10.8. The highest BCUT2D eigenvalue weighted by Crippen LogP contribution is 2.16. The topological polar surface area (TPSA) is 40.5 Å². The van der Waals surface area contributed by atoms with Crippen molar-refractivity contribution in [1.82, 2.24) is 0 Å². The average molecular weight is 260 g/mol. The fraction of sp³-hybridized carbons (Fsp3) is 0.286. The number of aryl methyl sites for hydroxylation is 1. The standard InChI is InChI=1S/C14H17BO2S/c16-15(17)14-7-6-12-9-11(3-1-2-8-18)4-5-13(12)10-14/h4-7,9-10,16-18H,1-3,8H2. The van der Waals surface area contributed by atoms with Gasteiger partial charge >= 0.3 is 7.12 Å². The molecule has 0 aliphatic rings. The summed E-state index contributed by atoms with van der Waals surface area (Å²) in [5, 5.41) is 20.4. The Morgan fingerprint density at radius 2 is 1.67 bits per heavy atom. The molecule has 0 aliphatic carbocycles. The van der Waals surface area contributed by atoms with Gasteiger partial charge in [-0.05, 0) is 46.8 Å². The Labute approximate surface area is 113 Å². The lowest BCUT2D eigenvalue weighted by atomic mass is 9.79. The van der Waals surface area contributed by atoms with Gasteiger partial charge in [0, 0.05) is 0 Å². The van der Waals surface area contributed by atoms with Crippen LogP contribution in [0.15, 0.2) is 36.4 Å². The lowest BCUT2D eigenvalue weighted by Crippen LogP contribution is -2.29. The van der Waals surface area contributed by atoms with Crippen LogP contribution in [0.5, 0.6) is 0 Å². The van der Waals surface area contributed by atoms with E-state index in [9.17, 15) is 0 Å². The summed E-state index contributed by atoms with van der Waals surface area (Å²) < 4.78 is 0. The maximum absolute atomic E-state index is 9.13. The minimum absolute atomic E-state index is 0.533. The third-order valence-corrected chi connectivity index (χ3v) is 3.42. The van der Waals surface area contributed by atoms with Gasteiger partial charge in [0.1, 0.15) is 0 Å². The second-order valence-electron chi connectivity index (χ2n) is 4.50. The van der Waals surface area contributed by atoms with Gasteiger partial charge in [-0.1, -0.05) is 36.4 Å². The van der Waals surface area contributed by atoms with Gasteiger partial charge in [-0.2, -0.15) is 12.6 Å². The summed E-state index contributed by atoms with van der Waals surface area (Å²) in [5.41, 5.74) is 1.85. The van der Waals surface area contributed by atoms with E-state index in [0.29, 0.717) is 5.46 Å². The number of hydrogen-bond acceptors (Lipinski definition) is 3. The van der Waals surface area contributed by atoms with Crippen molar-refractivity contribution < 1.29 is 10.0 Å². The number of hydrogen-bond donors (Lipinski definition) is 3. The Kier molecular flexibility index (Phi) is 4.69. The summed E-state index contributed by atoms with van der Waals surface area (Å²) in [5.74, 6) is 0.936. The Morgan fingerprint density at radius 1 is 0.944 bits per heavy atom. The SMILES string of the molecule is OB(O)c1ccc2cc(CCCCS)ccc2c1. The van der Waals surface area contributed by atoms with Crippen LogP contribution < -0.4 is 5.46 Å². The lowest BCUT2D eigenvalue weighted by molar-refractivity contribution is 0.426. The summed E-state index contributed by atoms with van der Waals surface area (Å²) >= 11 is 4.21. The zero-order valence-electron chi connectivity index (χ0n) is 10.2. The van der Waals surface area contributed by atoms with Crippen LogP contribution in [0.1, 0.15) is 18.4 Å². The van der Waals surface area contributed by atoms with E-state index in [1.54, 1.807) is 6.07 Å². The molecule has 0 heterocycles. The number of unbranched alkanes of at least 4 members (excludes halogenated alkanes) is 1. The Bertz CT molecular complexity index is 528. The first-order chi connectivity index (χ1) is 8.70. The summed E-state index contributed by atoms with van der Waals surface area (Å²) in [4.78, 5) is 0. The zero-order valence-corrected chi connectivity index (χ0v) is 11.1. The highest BCUT2D eigenvalue weighted by molar-refractivity contribution is 7.80. The highest BCUT2D eigenvalue weighted by atomic mass is 32.1. The Morgan fingerprint density at radius 3 is 2.39 bits per heavy atom. The van der Waals surface area contributed by atoms with E-state index in [1.807, 2.05) is 18.2 Å². The molecule has 0 aliphatic heterocycles. The summed E-state index contributed by atoms with van der Waals surface area (Å²) in [6, 6.07) is 11.8. The zero-order chi connectivity index (χ0) is 13.0. The molecule has 2 aromatic carbocycles. The van der Waals surface area contributed by atoms with Crippen LogP contribution in [0.25, 0.3) is 10.8 Å². The molecule has 18 heavy (non-hydrogen) atoms. The number of fused-ring (bicyclic) bond motifs is 1. The third-order valence-electron chi connectivity index (χ3n) is 3.10. The molecule has 0 aromatic heterocycles. The summed E-state index contributed by atoms with van der Waals surface area (Å²) in [7, 11) is -1.40. The van der Waals surface area contributed by atoms with Crippen molar-refractivity contribution in [2.75, 3.05) is 5.75 Å². The molecule has 0 saturated heterocycles. The van der Waals surface area contributed by atoms with Gasteiger partial charge in [0.05, 0.1) is 0 Å². The van der Waals surface area contributed by atoms with Crippen LogP contribution >= 0.6 is 12.6 Å². The summed E-state index contributed by atoms with van der Waals surface area (Å²) in [6.45, 7) is 0. The van der Waals surface area contributed by atoms with E-state index >= 15 is 0 Å². The van der Waals surface area contributed by atoms with Crippen molar-refractivity contribution >= 4 is 36.0 Å². The smallest absolute Gasteiger partial charge is 0.423 e. The van der Waals surface area contributed by atoms with Crippen molar-refractivity contribution in [2.45, 2.75) is 19.3 Å². The quantitative estimate of drug-likeness (QED) is 0.435. The van der Waals surface area contributed by atoms with Gasteiger partial charge in [-0.3, -0.25) is 0 Å². The fourth-order valence-corrected chi connectivity index (χ4v) is 2.29. The Hall–Kier alpha value is -0.965. The first-order valence-corrected chi connectivity index (χ1v) is 6.83. The van der Waals surface area contributed by atoms with E-state index in [-0.39, 0.29) is 0 Å². The van der Waals surface area contributed by atoms with E-state index in [2.05, 4.69) is 24.8 Å². The number of benzene rings is 2. The average Bonchev–Trinajstić information content (AvgIpc) is 2.38. The first-order valence-electron chi connectivity index (χ1n) is 6.20. The van der Waals surface area contributed by atoms with Crippen LogP contribution in [0.2, 0.25) is 0 Å². The molecule has 0 spiro atoms. The lowest BCUT2D eigenvalue weighted by Gasteiger charge is -2.05. The summed E-state index contributed by atoms with van der Waals surface area (Å²) in [6.07, 6.45) is 3.36. The van der Waals surface area contributed by atoms with E-state index in [4.69, 9.17) is 10.0 Å². The number of thiol groups is 1. The molecule has 0 bridgehead atoms. The van der Waals surface area contributed by atoms with Crippen molar-refractivity contribution in [1.29, 1.82) is 0 Å². The molecule has 0 unspecified atom stereocenters. The fourth-order valence-electron chi connectivity index (χ4n) is 2.07. The largest absolute Gasteiger partial charge is 0.488 e. The first kappa shape index (κ1) is 13.5. The molecule has 2 N–H and O–H groups in total. The minimum atomic E-state index is -1.40. The monoisotopic (exact) mass is 260 g/mol. The predicted octanol–water partition coefficient (Wildman–Crippen LogP) is 1.77. The molecular weight excluding hydrogens is 243 g/mol. The van der Waals surface area contributed by atoms with Crippen molar-refractivity contribution in [3.8, 4) is 0 Å². The molecule has 0 saturated carbocycles. The minimum Gasteiger partial charge on any atom is -0.423 e. The van der Waals surface area contributed by atoms with Gasteiger partial charge in [0.15, 0.2) is 0 Å². The van der Waals surface area contributed by atoms with Crippen LogP contribution in [-0.4, -0.2) is 22.9 Å². The van der Waals surface area contributed by atoms with Gasteiger partial charge in [-0.25, -0.2) is 0 Å². The van der Waals surface area contributed by atoms with Crippen molar-refractivity contribution in [3.63, 3.8) is 0 Å². The molecule has 0 atom stereocenters. The van der Waals surface area contributed by atoms with Crippen LogP contribution in [0.3, 0.4) is 0 Å². The predicted molar refractivity (Wildman–Crippen MR) is 80.6 cm³/mol. The molecule has 0 radical (unpaired) electrons. The van der Waals surface area contributed by atoms with Gasteiger partial charge in [0.25, 0.3) is 0 Å². The molecule has 2 nitrogen and oxygen atoms in total. The van der Waals surface area contributed by atoms with Gasteiger partial charge < -0.3 is 10.0 Å². The van der Waals surface area contributed by atoms with E-state index < -0.39 is 7.12 Å². The van der Waals surface area contributed by atoms with Crippen LogP contribution in [0, 0.1) is 0 Å². The van der Waals surface area contributed by atoms with Crippen LogP contribution in [0.4, 0.5) is 0 Å². The van der Waals surface area contributed by atoms with E-state index in [1.165, 1.54) is 5.56 Å². The van der Waals surface area contributed by atoms with E-state index in [0.717, 1.165) is 35.8 Å². The van der Waals surface area contributed by atoms with Crippen molar-refractivity contribution in [2.24, 2.45) is 0 Å². The molecule has 2 rings (SSSR count). The second kappa shape index (κ2) is 6.27. The maximum atomic E-state index is 9.13. The second-order valence-corrected chi connectivity index (χ2v) is 4.94. The molecule has 4 heteroatoms. The van der Waals surface area contributed by atoms with Crippen LogP contribution in [-0.2, 0) is 6.42 Å². The molecular formula is C14H17BO2S. The van der Waals surface area contributed by atoms with Crippen molar-refractivity contribution in [3.05, 3.63) is 42.0 Å². The van der Waals surface area contributed by atoms with Gasteiger partial charge in [0.2, 0.25) is 0 Å². The third kappa shape index (κ3) is 3.28. The highest BCUT2D eigenvalue weighted by Gasteiger charge is 2.10.